The van der Waals surface area contributed by atoms with Gasteiger partial charge >= 0.3 is 0 Å². The lowest BCUT2D eigenvalue weighted by Crippen LogP contribution is -2.33. The number of hydrogen-bond donors (Lipinski definition) is 2. The van der Waals surface area contributed by atoms with Crippen LogP contribution in [0.25, 0.3) is 11.1 Å². The largest absolute Gasteiger partial charge is 0.497 e. The van der Waals surface area contributed by atoms with Crippen LogP contribution in [0.3, 0.4) is 0 Å². The number of ether oxygens (including phenoxy) is 1. The number of amides is 1. The second-order valence-corrected chi connectivity index (χ2v) is 7.47. The molecular formula is C23H30N2O2. The summed E-state index contributed by atoms with van der Waals surface area (Å²) in [5, 5.41) is 6.46. The highest BCUT2D eigenvalue weighted by Crippen LogP contribution is 2.25. The van der Waals surface area contributed by atoms with E-state index in [9.17, 15) is 4.79 Å². The number of carbonyl (C=O) groups is 1. The van der Waals surface area contributed by atoms with Gasteiger partial charge in [0, 0.05) is 13.0 Å². The molecule has 1 fully saturated rings. The third kappa shape index (κ3) is 5.57. The first-order valence-electron chi connectivity index (χ1n) is 9.86. The van der Waals surface area contributed by atoms with Crippen molar-refractivity contribution >= 4 is 5.91 Å². The van der Waals surface area contributed by atoms with Crippen LogP contribution >= 0.6 is 0 Å². The number of rotatable bonds is 7. The van der Waals surface area contributed by atoms with Crippen molar-refractivity contribution < 1.29 is 9.53 Å². The Morgan fingerprint density at radius 3 is 2.59 bits per heavy atom. The minimum Gasteiger partial charge on any atom is -0.497 e. The Balaban J connectivity index is 1.50. The molecule has 1 aliphatic heterocycles. The van der Waals surface area contributed by atoms with Gasteiger partial charge < -0.3 is 15.4 Å². The van der Waals surface area contributed by atoms with Crippen LogP contribution in [-0.2, 0) is 11.3 Å². The van der Waals surface area contributed by atoms with Crippen LogP contribution in [-0.4, -0.2) is 26.1 Å². The maximum atomic E-state index is 12.3. The highest BCUT2D eigenvalue weighted by Gasteiger charge is 2.21. The van der Waals surface area contributed by atoms with E-state index in [1.54, 1.807) is 7.11 Å². The van der Waals surface area contributed by atoms with Crippen LogP contribution in [0.15, 0.2) is 48.5 Å². The van der Waals surface area contributed by atoms with Crippen LogP contribution in [0.5, 0.6) is 5.75 Å². The van der Waals surface area contributed by atoms with E-state index in [2.05, 4.69) is 47.9 Å². The van der Waals surface area contributed by atoms with Gasteiger partial charge in [-0.25, -0.2) is 0 Å². The molecule has 1 atom stereocenters. The summed E-state index contributed by atoms with van der Waals surface area (Å²) in [7, 11) is 1.68. The van der Waals surface area contributed by atoms with Gasteiger partial charge in [-0.05, 0) is 66.6 Å². The summed E-state index contributed by atoms with van der Waals surface area (Å²) in [6, 6.07) is 16.4. The third-order valence-electron chi connectivity index (χ3n) is 5.54. The van der Waals surface area contributed by atoms with Crippen molar-refractivity contribution in [3.05, 3.63) is 54.1 Å². The standard InChI is InChI=1S/C23H30N2O2/c1-17(19-10-12-24-13-11-19)14-23(26)25-16-18-6-8-20(9-7-18)21-4-3-5-22(15-21)27-2/h3-9,15,17,19,24H,10-14,16H2,1-2H3,(H,25,26). The van der Waals surface area contributed by atoms with E-state index in [4.69, 9.17) is 4.74 Å². The van der Waals surface area contributed by atoms with Gasteiger partial charge in [0.05, 0.1) is 7.11 Å². The van der Waals surface area contributed by atoms with E-state index in [1.165, 1.54) is 12.8 Å². The first-order valence-corrected chi connectivity index (χ1v) is 9.86. The molecule has 0 spiro atoms. The van der Waals surface area contributed by atoms with Gasteiger partial charge in [0.2, 0.25) is 5.91 Å². The number of hydrogen-bond acceptors (Lipinski definition) is 3. The van der Waals surface area contributed by atoms with E-state index in [-0.39, 0.29) is 5.91 Å². The summed E-state index contributed by atoms with van der Waals surface area (Å²) in [6.07, 6.45) is 2.98. The summed E-state index contributed by atoms with van der Waals surface area (Å²) in [6.45, 7) is 4.95. The zero-order valence-corrected chi connectivity index (χ0v) is 16.3. The zero-order valence-electron chi connectivity index (χ0n) is 16.3. The third-order valence-corrected chi connectivity index (χ3v) is 5.54. The smallest absolute Gasteiger partial charge is 0.220 e. The molecule has 2 N–H and O–H groups in total. The zero-order chi connectivity index (χ0) is 19.1. The lowest BCUT2D eigenvalue weighted by molar-refractivity contribution is -0.122. The molecule has 2 aromatic carbocycles. The molecule has 1 aliphatic rings. The summed E-state index contributed by atoms with van der Waals surface area (Å²) in [5.41, 5.74) is 3.38. The van der Waals surface area contributed by atoms with Crippen LogP contribution in [0.4, 0.5) is 0 Å². The average molecular weight is 367 g/mol. The predicted octanol–water partition coefficient (Wildman–Crippen LogP) is 4.00. The second-order valence-electron chi connectivity index (χ2n) is 7.47. The Morgan fingerprint density at radius 1 is 1.15 bits per heavy atom. The van der Waals surface area contributed by atoms with Crippen molar-refractivity contribution in [2.24, 2.45) is 11.8 Å². The van der Waals surface area contributed by atoms with Gasteiger partial charge in [-0.3, -0.25) is 4.79 Å². The molecule has 0 saturated carbocycles. The van der Waals surface area contributed by atoms with Crippen molar-refractivity contribution in [1.29, 1.82) is 0 Å². The molecule has 1 unspecified atom stereocenters. The molecule has 4 heteroatoms. The Labute approximate surface area is 162 Å². The molecule has 2 aromatic rings. The van der Waals surface area contributed by atoms with E-state index >= 15 is 0 Å². The van der Waals surface area contributed by atoms with Gasteiger partial charge in [0.1, 0.15) is 5.75 Å². The van der Waals surface area contributed by atoms with Crippen molar-refractivity contribution in [1.82, 2.24) is 10.6 Å². The maximum Gasteiger partial charge on any atom is 0.220 e. The van der Waals surface area contributed by atoms with Gasteiger partial charge in [-0.15, -0.1) is 0 Å². The van der Waals surface area contributed by atoms with Gasteiger partial charge in [-0.2, -0.15) is 0 Å². The van der Waals surface area contributed by atoms with E-state index < -0.39 is 0 Å². The topological polar surface area (TPSA) is 50.4 Å². The Morgan fingerprint density at radius 2 is 1.89 bits per heavy atom. The number of piperidine rings is 1. The molecule has 0 aliphatic carbocycles. The first kappa shape index (κ1) is 19.4. The normalized spacial score (nSPS) is 15.9. The number of nitrogens with one attached hydrogen (secondary N) is 2. The van der Waals surface area contributed by atoms with Crippen LogP contribution < -0.4 is 15.4 Å². The predicted molar refractivity (Wildman–Crippen MR) is 110 cm³/mol. The van der Waals surface area contributed by atoms with E-state index in [0.29, 0.717) is 24.8 Å². The fourth-order valence-corrected chi connectivity index (χ4v) is 3.76. The van der Waals surface area contributed by atoms with Gasteiger partial charge in [0.15, 0.2) is 0 Å². The van der Waals surface area contributed by atoms with Crippen molar-refractivity contribution in [2.75, 3.05) is 20.2 Å². The number of carbonyl (C=O) groups excluding carboxylic acids is 1. The molecule has 27 heavy (non-hydrogen) atoms. The minimum atomic E-state index is 0.151. The first-order chi connectivity index (χ1) is 13.2. The lowest BCUT2D eigenvalue weighted by Gasteiger charge is -2.27. The van der Waals surface area contributed by atoms with Crippen LogP contribution in [0.1, 0.15) is 31.7 Å². The van der Waals surface area contributed by atoms with E-state index in [0.717, 1.165) is 35.5 Å². The Hall–Kier alpha value is -2.33. The highest BCUT2D eigenvalue weighted by atomic mass is 16.5. The monoisotopic (exact) mass is 366 g/mol. The molecule has 1 heterocycles. The quantitative estimate of drug-likeness (QED) is 0.779. The summed E-state index contributed by atoms with van der Waals surface area (Å²) in [5.74, 6) is 2.12. The molecule has 1 saturated heterocycles. The van der Waals surface area contributed by atoms with Gasteiger partial charge in [-0.1, -0.05) is 43.3 Å². The fraction of sp³-hybridized carbons (Fsp3) is 0.435. The maximum absolute atomic E-state index is 12.3. The van der Waals surface area contributed by atoms with Crippen LogP contribution in [0, 0.1) is 11.8 Å². The van der Waals surface area contributed by atoms with Gasteiger partial charge in [0.25, 0.3) is 0 Å². The molecule has 0 bridgehead atoms. The highest BCUT2D eigenvalue weighted by molar-refractivity contribution is 5.76. The van der Waals surface area contributed by atoms with Crippen molar-refractivity contribution in [2.45, 2.75) is 32.7 Å². The second kappa shape index (κ2) is 9.56. The summed E-state index contributed by atoms with van der Waals surface area (Å²) >= 11 is 0. The average Bonchev–Trinajstić information content (AvgIpc) is 2.73. The minimum absolute atomic E-state index is 0.151. The SMILES string of the molecule is COc1cccc(-c2ccc(CNC(=O)CC(C)C3CCNCC3)cc2)c1. The lowest BCUT2D eigenvalue weighted by atomic mass is 9.84. The fourth-order valence-electron chi connectivity index (χ4n) is 3.76. The Kier molecular flexibility index (Phi) is 6.88. The summed E-state index contributed by atoms with van der Waals surface area (Å²) in [4.78, 5) is 12.3. The number of methoxy groups -OCH3 is 1. The number of benzene rings is 2. The van der Waals surface area contributed by atoms with Crippen LogP contribution in [0.2, 0.25) is 0 Å². The molecule has 1 amide bonds. The molecule has 3 rings (SSSR count). The Bertz CT molecular complexity index is 736. The molecular weight excluding hydrogens is 336 g/mol. The van der Waals surface area contributed by atoms with E-state index in [1.807, 2.05) is 18.2 Å². The van der Waals surface area contributed by atoms with Crippen molar-refractivity contribution in [3.8, 4) is 16.9 Å². The van der Waals surface area contributed by atoms with Crippen molar-refractivity contribution in [3.63, 3.8) is 0 Å². The summed E-state index contributed by atoms with van der Waals surface area (Å²) < 4.78 is 5.29. The molecule has 144 valence electrons. The molecule has 0 aromatic heterocycles. The molecule has 4 nitrogen and oxygen atoms in total. The molecule has 0 radical (unpaired) electrons.